The van der Waals surface area contributed by atoms with E-state index in [1.165, 1.54) is 0 Å². The highest BCUT2D eigenvalue weighted by molar-refractivity contribution is 7.91. The molecule has 4 aromatic rings. The molecule has 0 aromatic heterocycles. The Bertz CT molecular complexity index is 2910. The summed E-state index contributed by atoms with van der Waals surface area (Å²) in [7, 11) is -27.0. The number of nitrogen functional groups attached to an aromatic ring is 1. The molecule has 0 amide bonds. The van der Waals surface area contributed by atoms with Crippen LogP contribution in [0.2, 0.25) is 0 Å². The van der Waals surface area contributed by atoms with E-state index in [0.717, 1.165) is 50.6 Å². The Kier molecular flexibility index (Phi) is 13.9. The Morgan fingerprint density at radius 2 is 0.950 bits per heavy atom. The molecule has 0 saturated heterocycles. The Morgan fingerprint density at radius 3 is 1.32 bits per heavy atom. The highest BCUT2D eigenvalue weighted by Crippen LogP contribution is 2.49. The highest BCUT2D eigenvalue weighted by atomic mass is 32.3. The number of rotatable bonds is 18. The van der Waals surface area contributed by atoms with Crippen molar-refractivity contribution < 1.29 is 91.7 Å². The standard InChI is InChI=1S/C28H29N5O21S6/c1-51-20-13-16(55(35,36)9-7-53-59(45,46)47)3-5-18(20)30-32-26-22(57(39,40)41)11-15-12-23(58(42,43)44)27(28(34)24(15)25(26)29)33-31-19-6-4-17(14-21(19)52-2)56(37,38)10-8-54-60(48,49)50/h3-6,11-14,34H,7-10,29H2,1-2H3,(H,39,40,41)(H,42,43,44)(H,45,46,47)(H,48,49,50). The SMILES string of the molecule is COc1cc(S(=O)(=O)CCOS(=O)(=O)O)ccc1N=Nc1c(S(=O)(=O)O)cc2cc(S(=O)(=O)O)c(N=Nc3ccc(S(=O)(=O)CCOS(=O)(=O)O)cc3OC)c(O)c2c1N. The zero-order chi connectivity index (χ0) is 45.2. The number of anilines is 1. The lowest BCUT2D eigenvalue weighted by atomic mass is 10.1. The second-order valence-corrected chi connectivity index (χ2v) is 20.6. The van der Waals surface area contributed by atoms with Crippen LogP contribution < -0.4 is 15.2 Å². The first-order valence-electron chi connectivity index (χ1n) is 15.4. The molecule has 328 valence electrons. The number of hydrogen-bond acceptors (Lipinski definition) is 22. The fraction of sp³-hybridized carbons (Fsp3) is 0.214. The number of nitrogens with two attached hydrogens (primary N) is 1. The smallest absolute Gasteiger partial charge is 0.397 e. The van der Waals surface area contributed by atoms with E-state index in [-0.39, 0.29) is 22.9 Å². The molecular formula is C28H29N5O21S6. The molecule has 0 fully saturated rings. The van der Waals surface area contributed by atoms with Crippen LogP contribution in [0.3, 0.4) is 0 Å². The van der Waals surface area contributed by atoms with Crippen molar-refractivity contribution in [3.8, 4) is 17.2 Å². The lowest BCUT2D eigenvalue weighted by Crippen LogP contribution is -2.15. The van der Waals surface area contributed by atoms with Gasteiger partial charge in [0.1, 0.15) is 44.0 Å². The fourth-order valence-corrected chi connectivity index (χ4v) is 9.24. The van der Waals surface area contributed by atoms with Crippen LogP contribution in [0.5, 0.6) is 17.2 Å². The zero-order valence-corrected chi connectivity index (χ0v) is 34.9. The van der Waals surface area contributed by atoms with Gasteiger partial charge in [0.15, 0.2) is 25.4 Å². The van der Waals surface area contributed by atoms with Gasteiger partial charge in [-0.15, -0.1) is 20.5 Å². The average molecular weight is 964 g/mol. The van der Waals surface area contributed by atoms with Crippen molar-refractivity contribution in [1.82, 2.24) is 0 Å². The van der Waals surface area contributed by atoms with E-state index in [1.807, 2.05) is 0 Å². The van der Waals surface area contributed by atoms with Crippen molar-refractivity contribution in [2.24, 2.45) is 20.5 Å². The van der Waals surface area contributed by atoms with Gasteiger partial charge >= 0.3 is 20.8 Å². The van der Waals surface area contributed by atoms with E-state index in [9.17, 15) is 64.7 Å². The summed E-state index contributed by atoms with van der Waals surface area (Å²) >= 11 is 0. The van der Waals surface area contributed by atoms with Gasteiger partial charge in [0.2, 0.25) is 0 Å². The van der Waals surface area contributed by atoms with Crippen LogP contribution in [0.1, 0.15) is 0 Å². The molecular weight excluding hydrogens is 935 g/mol. The summed E-state index contributed by atoms with van der Waals surface area (Å²) in [5, 5.41) is 25.2. The van der Waals surface area contributed by atoms with Crippen molar-refractivity contribution in [2.75, 3.05) is 44.7 Å². The van der Waals surface area contributed by atoms with E-state index in [1.54, 1.807) is 0 Å². The van der Waals surface area contributed by atoms with Crippen molar-refractivity contribution in [2.45, 2.75) is 19.6 Å². The Balaban J connectivity index is 1.85. The topological polar surface area (TPSA) is 418 Å². The Morgan fingerprint density at radius 1 is 0.567 bits per heavy atom. The van der Waals surface area contributed by atoms with E-state index in [0.29, 0.717) is 12.1 Å². The molecule has 0 bridgehead atoms. The van der Waals surface area contributed by atoms with E-state index < -0.39 is 139 Å². The van der Waals surface area contributed by atoms with Gasteiger partial charge in [0, 0.05) is 12.1 Å². The van der Waals surface area contributed by atoms with Crippen molar-refractivity contribution in [1.29, 1.82) is 0 Å². The predicted molar refractivity (Wildman–Crippen MR) is 203 cm³/mol. The molecule has 4 rings (SSSR count). The number of benzene rings is 4. The molecule has 0 aliphatic heterocycles. The summed E-state index contributed by atoms with van der Waals surface area (Å²) in [6.45, 7) is -1.92. The third-order valence-electron chi connectivity index (χ3n) is 7.57. The summed E-state index contributed by atoms with van der Waals surface area (Å²) in [6.07, 6.45) is 0. The molecule has 26 nitrogen and oxygen atoms in total. The molecule has 0 aliphatic carbocycles. The molecule has 0 saturated carbocycles. The molecule has 7 N–H and O–H groups in total. The quantitative estimate of drug-likeness (QED) is 0.0474. The summed E-state index contributed by atoms with van der Waals surface area (Å²) < 4.78 is 200. The first-order chi connectivity index (χ1) is 27.5. The number of hydrogen-bond donors (Lipinski definition) is 6. The lowest BCUT2D eigenvalue weighted by molar-refractivity contribution is 0.282. The predicted octanol–water partition coefficient (Wildman–Crippen LogP) is 2.66. The van der Waals surface area contributed by atoms with Crippen LogP contribution in [-0.4, -0.2) is 113 Å². The summed E-state index contributed by atoms with van der Waals surface area (Å²) in [6, 6.07) is 6.89. The third kappa shape index (κ3) is 11.6. The van der Waals surface area contributed by atoms with E-state index >= 15 is 0 Å². The molecule has 4 aromatic carbocycles. The van der Waals surface area contributed by atoms with Crippen LogP contribution in [-0.2, 0) is 69.1 Å². The summed E-state index contributed by atoms with van der Waals surface area (Å²) in [4.78, 5) is -3.22. The second-order valence-electron chi connectivity index (χ2n) is 11.5. The number of phenols is 1. The first-order valence-corrected chi connectivity index (χ1v) is 24.4. The maximum Gasteiger partial charge on any atom is 0.397 e. The molecule has 0 spiro atoms. The highest BCUT2D eigenvalue weighted by Gasteiger charge is 2.29. The first kappa shape index (κ1) is 47.7. The van der Waals surface area contributed by atoms with Crippen LogP contribution in [0.4, 0.5) is 28.4 Å². The minimum absolute atomic E-state index is 0.300. The molecule has 0 heterocycles. The number of sulfone groups is 2. The van der Waals surface area contributed by atoms with Crippen molar-refractivity contribution >= 4 is 99.9 Å². The van der Waals surface area contributed by atoms with Gasteiger partial charge in [-0.2, -0.15) is 33.7 Å². The number of aromatic hydroxyl groups is 1. The molecule has 60 heavy (non-hydrogen) atoms. The van der Waals surface area contributed by atoms with Gasteiger partial charge in [-0.25, -0.2) is 25.2 Å². The van der Waals surface area contributed by atoms with Crippen LogP contribution in [0.25, 0.3) is 10.8 Å². The maximum atomic E-state index is 12.7. The number of fused-ring (bicyclic) bond motifs is 1. The second kappa shape index (κ2) is 17.5. The van der Waals surface area contributed by atoms with Crippen LogP contribution >= 0.6 is 0 Å². The van der Waals surface area contributed by atoms with Gasteiger partial charge in [-0.3, -0.25) is 18.2 Å². The summed E-state index contributed by atoms with van der Waals surface area (Å²) in [5.74, 6) is -3.68. The number of nitrogens with zero attached hydrogens (tertiary/aromatic N) is 4. The number of azo groups is 2. The zero-order valence-electron chi connectivity index (χ0n) is 30.0. The van der Waals surface area contributed by atoms with E-state index in [2.05, 4.69) is 28.8 Å². The third-order valence-corrected chi connectivity index (χ3v) is 13.6. The maximum absolute atomic E-state index is 12.7. The Hall–Kier alpha value is -5.00. The Labute approximate surface area is 340 Å². The molecule has 0 radical (unpaired) electrons. The van der Waals surface area contributed by atoms with Crippen LogP contribution in [0.15, 0.2) is 88.6 Å². The normalized spacial score (nSPS) is 13.4. The lowest BCUT2D eigenvalue weighted by Gasteiger charge is -2.14. The van der Waals surface area contributed by atoms with Gasteiger partial charge < -0.3 is 20.3 Å². The minimum atomic E-state index is -5.36. The van der Waals surface area contributed by atoms with E-state index in [4.69, 9.17) is 24.3 Å². The van der Waals surface area contributed by atoms with Gasteiger partial charge in [-0.05, 0) is 41.8 Å². The molecule has 32 heteroatoms. The van der Waals surface area contributed by atoms with Gasteiger partial charge in [-0.1, -0.05) is 0 Å². The van der Waals surface area contributed by atoms with Crippen molar-refractivity contribution in [3.05, 3.63) is 48.5 Å². The molecule has 0 unspecified atom stereocenters. The number of phenolic OH excluding ortho intramolecular Hbond substituents is 1. The average Bonchev–Trinajstić information content (AvgIpc) is 3.11. The molecule has 0 atom stereocenters. The van der Waals surface area contributed by atoms with Crippen molar-refractivity contribution in [3.63, 3.8) is 0 Å². The molecule has 0 aliphatic rings. The summed E-state index contributed by atoms with van der Waals surface area (Å²) in [5.41, 5.74) is 2.88. The number of methoxy groups -OCH3 is 2. The fourth-order valence-electron chi connectivity index (χ4n) is 4.91. The minimum Gasteiger partial charge on any atom is -0.505 e. The largest absolute Gasteiger partial charge is 0.505 e. The van der Waals surface area contributed by atoms with Gasteiger partial charge in [0.05, 0.1) is 59.8 Å². The monoisotopic (exact) mass is 963 g/mol. The van der Waals surface area contributed by atoms with Crippen LogP contribution in [0, 0.1) is 0 Å². The number of ether oxygens (including phenoxy) is 2. The van der Waals surface area contributed by atoms with Gasteiger partial charge in [0.25, 0.3) is 20.2 Å².